The van der Waals surface area contributed by atoms with Crippen LogP contribution in [-0.2, 0) is 17.6 Å². The van der Waals surface area contributed by atoms with Crippen LogP contribution in [0.2, 0.25) is 0 Å². The highest BCUT2D eigenvalue weighted by molar-refractivity contribution is 5.80. The van der Waals surface area contributed by atoms with E-state index in [1.165, 1.54) is 5.56 Å². The number of hydrogen-bond donors (Lipinski definition) is 0. The average molecular weight is 447 g/mol. The van der Waals surface area contributed by atoms with E-state index in [0.717, 1.165) is 68.9 Å². The van der Waals surface area contributed by atoms with Crippen molar-refractivity contribution in [1.29, 1.82) is 0 Å². The van der Waals surface area contributed by atoms with Crippen LogP contribution in [-0.4, -0.2) is 65.2 Å². The summed E-state index contributed by atoms with van der Waals surface area (Å²) in [5.41, 5.74) is 3.32. The molecule has 1 amide bonds. The number of benzene rings is 2. The van der Waals surface area contributed by atoms with Gasteiger partial charge in [-0.2, -0.15) is 4.98 Å². The molecule has 2 aliphatic rings. The molecule has 2 aromatic carbocycles. The lowest BCUT2D eigenvalue weighted by Crippen LogP contribution is -2.51. The van der Waals surface area contributed by atoms with Crippen molar-refractivity contribution in [3.8, 4) is 17.1 Å². The topological polar surface area (TPSA) is 71.7 Å². The summed E-state index contributed by atoms with van der Waals surface area (Å²) in [6.45, 7) is 6.84. The number of aromatic nitrogens is 2. The summed E-state index contributed by atoms with van der Waals surface area (Å²) in [5.74, 6) is 2.38. The zero-order chi connectivity index (χ0) is 22.6. The fourth-order valence-electron chi connectivity index (χ4n) is 4.57. The average Bonchev–Trinajstić information content (AvgIpc) is 3.33. The van der Waals surface area contributed by atoms with E-state index < -0.39 is 0 Å². The van der Waals surface area contributed by atoms with Crippen molar-refractivity contribution in [3.05, 3.63) is 65.5 Å². The molecule has 0 aliphatic carbocycles. The summed E-state index contributed by atoms with van der Waals surface area (Å²) >= 11 is 0. The minimum absolute atomic E-state index is 0.0771. The largest absolute Gasteiger partial charge is 0.492 e. The number of carbonyl (C=O) groups excluding carboxylic acids is 1. The molecule has 1 saturated heterocycles. The van der Waals surface area contributed by atoms with Gasteiger partial charge in [0.2, 0.25) is 17.6 Å². The van der Waals surface area contributed by atoms with E-state index in [4.69, 9.17) is 9.26 Å². The maximum Gasteiger partial charge on any atom is 0.229 e. The van der Waals surface area contributed by atoms with Crippen molar-refractivity contribution in [2.75, 3.05) is 39.3 Å². The molecule has 0 bridgehead atoms. The van der Waals surface area contributed by atoms with Gasteiger partial charge in [0.15, 0.2) is 0 Å². The molecule has 1 fully saturated rings. The number of aryl methyl sites for hydroxylation is 2. The third kappa shape index (κ3) is 5.09. The van der Waals surface area contributed by atoms with Gasteiger partial charge in [-0.05, 0) is 37.9 Å². The standard InChI is InChI=1S/C26H30N4O3/c1-19-8-10-20(11-9-19)25-27-24(33-28-25)7-4-12-29-13-15-30(16-14-29)26(31)22-17-21-5-2-3-6-23(21)32-18-22/h2-3,5-6,8-11,22H,4,7,12-18H2,1H3. The molecule has 172 valence electrons. The Bertz CT molecular complexity index is 1090. The second-order valence-electron chi connectivity index (χ2n) is 8.97. The molecule has 2 aliphatic heterocycles. The Kier molecular flexibility index (Phi) is 6.39. The number of piperazine rings is 1. The van der Waals surface area contributed by atoms with Crippen LogP contribution in [0.25, 0.3) is 11.4 Å². The second-order valence-corrected chi connectivity index (χ2v) is 8.97. The number of amides is 1. The van der Waals surface area contributed by atoms with Crippen molar-refractivity contribution in [2.45, 2.75) is 26.2 Å². The van der Waals surface area contributed by atoms with Gasteiger partial charge in [-0.1, -0.05) is 53.2 Å². The minimum atomic E-state index is -0.0771. The Morgan fingerprint density at radius 1 is 1.06 bits per heavy atom. The van der Waals surface area contributed by atoms with Crippen LogP contribution in [0.15, 0.2) is 53.1 Å². The smallest absolute Gasteiger partial charge is 0.229 e. The van der Waals surface area contributed by atoms with Crippen molar-refractivity contribution in [1.82, 2.24) is 19.9 Å². The van der Waals surface area contributed by atoms with E-state index in [1.807, 2.05) is 35.2 Å². The second kappa shape index (κ2) is 9.75. The molecule has 33 heavy (non-hydrogen) atoms. The highest BCUT2D eigenvalue weighted by Crippen LogP contribution is 2.28. The number of nitrogens with zero attached hydrogens (tertiary/aromatic N) is 4. The maximum atomic E-state index is 13.0. The fraction of sp³-hybridized carbons (Fsp3) is 0.423. The third-order valence-electron chi connectivity index (χ3n) is 6.55. The first-order valence-corrected chi connectivity index (χ1v) is 11.8. The van der Waals surface area contributed by atoms with E-state index in [1.54, 1.807) is 0 Å². The van der Waals surface area contributed by atoms with Gasteiger partial charge in [0, 0.05) is 38.2 Å². The molecule has 7 heteroatoms. The lowest BCUT2D eigenvalue weighted by atomic mass is 9.95. The van der Waals surface area contributed by atoms with Gasteiger partial charge >= 0.3 is 0 Å². The molecule has 0 radical (unpaired) electrons. The van der Waals surface area contributed by atoms with Crippen LogP contribution < -0.4 is 4.74 Å². The van der Waals surface area contributed by atoms with Crippen molar-refractivity contribution < 1.29 is 14.1 Å². The van der Waals surface area contributed by atoms with Crippen LogP contribution in [0.1, 0.15) is 23.4 Å². The molecule has 1 aromatic heterocycles. The molecule has 5 rings (SSSR count). The minimum Gasteiger partial charge on any atom is -0.492 e. The Hall–Kier alpha value is -3.19. The molecule has 7 nitrogen and oxygen atoms in total. The summed E-state index contributed by atoms with van der Waals surface area (Å²) in [7, 11) is 0. The van der Waals surface area contributed by atoms with Gasteiger partial charge in [-0.25, -0.2) is 0 Å². The van der Waals surface area contributed by atoms with E-state index in [0.29, 0.717) is 18.3 Å². The fourth-order valence-corrected chi connectivity index (χ4v) is 4.57. The van der Waals surface area contributed by atoms with Crippen molar-refractivity contribution >= 4 is 5.91 Å². The maximum absolute atomic E-state index is 13.0. The van der Waals surface area contributed by atoms with Gasteiger partial charge in [-0.3, -0.25) is 9.69 Å². The van der Waals surface area contributed by atoms with Gasteiger partial charge in [0.25, 0.3) is 0 Å². The third-order valence-corrected chi connectivity index (χ3v) is 6.55. The van der Waals surface area contributed by atoms with Gasteiger partial charge in [0.05, 0.1) is 5.92 Å². The summed E-state index contributed by atoms with van der Waals surface area (Å²) in [6, 6.07) is 16.1. The zero-order valence-electron chi connectivity index (χ0n) is 19.1. The Morgan fingerprint density at radius 3 is 2.67 bits per heavy atom. The van der Waals surface area contributed by atoms with E-state index in [-0.39, 0.29) is 11.8 Å². The highest BCUT2D eigenvalue weighted by atomic mass is 16.5. The summed E-state index contributed by atoms with van der Waals surface area (Å²) in [5, 5.41) is 4.12. The first kappa shape index (κ1) is 21.6. The van der Waals surface area contributed by atoms with Crippen molar-refractivity contribution in [3.63, 3.8) is 0 Å². The van der Waals surface area contributed by atoms with Crippen LogP contribution in [0.4, 0.5) is 0 Å². The molecule has 3 aromatic rings. The van der Waals surface area contributed by atoms with E-state index in [9.17, 15) is 4.79 Å². The van der Waals surface area contributed by atoms with Crippen LogP contribution in [0.3, 0.4) is 0 Å². The van der Waals surface area contributed by atoms with Crippen LogP contribution in [0.5, 0.6) is 5.75 Å². The quantitative estimate of drug-likeness (QED) is 0.578. The Balaban J connectivity index is 1.05. The first-order valence-electron chi connectivity index (χ1n) is 11.8. The summed E-state index contributed by atoms with van der Waals surface area (Å²) in [4.78, 5) is 22.0. The van der Waals surface area contributed by atoms with E-state index >= 15 is 0 Å². The monoisotopic (exact) mass is 446 g/mol. The number of para-hydroxylation sites is 1. The number of hydrogen-bond acceptors (Lipinski definition) is 6. The lowest BCUT2D eigenvalue weighted by Gasteiger charge is -2.37. The molecule has 0 saturated carbocycles. The normalized spacial score (nSPS) is 18.6. The summed E-state index contributed by atoms with van der Waals surface area (Å²) < 4.78 is 11.3. The van der Waals surface area contributed by atoms with Gasteiger partial charge < -0.3 is 14.2 Å². The Morgan fingerprint density at radius 2 is 1.85 bits per heavy atom. The number of carbonyl (C=O) groups is 1. The predicted molar refractivity (Wildman–Crippen MR) is 125 cm³/mol. The SMILES string of the molecule is Cc1ccc(-c2noc(CCCN3CCN(C(=O)C4COc5ccccc5C4)CC3)n2)cc1. The molecule has 3 heterocycles. The molecule has 0 N–H and O–H groups in total. The number of ether oxygens (including phenoxy) is 1. The summed E-state index contributed by atoms with van der Waals surface area (Å²) in [6.07, 6.45) is 2.48. The predicted octanol–water partition coefficient (Wildman–Crippen LogP) is 3.37. The van der Waals surface area contributed by atoms with Crippen molar-refractivity contribution in [2.24, 2.45) is 5.92 Å². The molecular weight excluding hydrogens is 416 g/mol. The number of rotatable bonds is 6. The zero-order valence-corrected chi connectivity index (χ0v) is 19.1. The van der Waals surface area contributed by atoms with Crippen LogP contribution >= 0.6 is 0 Å². The first-order chi connectivity index (χ1) is 16.2. The molecule has 1 atom stereocenters. The lowest BCUT2D eigenvalue weighted by molar-refractivity contribution is -0.138. The van der Waals surface area contributed by atoms with E-state index in [2.05, 4.69) is 40.2 Å². The van der Waals surface area contributed by atoms with Crippen LogP contribution in [0, 0.1) is 12.8 Å². The number of fused-ring (bicyclic) bond motifs is 1. The Labute approximate surface area is 194 Å². The van der Waals surface area contributed by atoms with Gasteiger partial charge in [0.1, 0.15) is 12.4 Å². The molecule has 0 spiro atoms. The highest BCUT2D eigenvalue weighted by Gasteiger charge is 2.31. The van der Waals surface area contributed by atoms with Gasteiger partial charge in [-0.15, -0.1) is 0 Å². The molecule has 1 unspecified atom stereocenters. The molecular formula is C26H30N4O3.